The van der Waals surface area contributed by atoms with E-state index in [2.05, 4.69) is 0 Å². The van der Waals surface area contributed by atoms with Crippen LogP contribution in [-0.4, -0.2) is 22.1 Å². The first-order chi connectivity index (χ1) is 4.12. The van der Waals surface area contributed by atoms with E-state index in [9.17, 15) is 9.79 Å². The molecule has 56 valence electrons. The monoisotopic (exact) mass is 151 g/mol. The zero-order chi connectivity index (χ0) is 7.33. The zero-order valence-corrected chi connectivity index (χ0v) is 7.06. The average molecular weight is 151 g/mol. The molecule has 0 aliphatic rings. The normalized spacial score (nSPS) is 12.0. The molecule has 0 spiro atoms. The van der Waals surface area contributed by atoms with Crippen molar-refractivity contribution in [3.8, 4) is 0 Å². The summed E-state index contributed by atoms with van der Waals surface area (Å²) in [5.41, 5.74) is 0. The number of rotatable bonds is 4. The van der Waals surface area contributed by atoms with Crippen LogP contribution in [0.1, 0.15) is 26.7 Å². The van der Waals surface area contributed by atoms with E-state index in [-0.39, 0.29) is 0 Å². The molecule has 0 radical (unpaired) electrons. The van der Waals surface area contributed by atoms with Gasteiger partial charge in [-0.3, -0.25) is 0 Å². The van der Waals surface area contributed by atoms with Crippen molar-refractivity contribution in [3.05, 3.63) is 0 Å². The molecule has 0 saturated carbocycles. The standard InChI is InChI=1S/C6H16O2P/c1-3-5-9(7,8)6-4-2/h7-8H,3-6H2,1-2H3/q+1. The average Bonchev–Trinajstić information content (AvgIpc) is 1.64. The lowest BCUT2D eigenvalue weighted by Gasteiger charge is -2.08. The van der Waals surface area contributed by atoms with Crippen LogP contribution >= 0.6 is 7.72 Å². The molecule has 0 aromatic carbocycles. The van der Waals surface area contributed by atoms with Crippen molar-refractivity contribution in [2.45, 2.75) is 26.7 Å². The second kappa shape index (κ2) is 4.21. The van der Waals surface area contributed by atoms with Crippen LogP contribution in [0.2, 0.25) is 0 Å². The summed E-state index contributed by atoms with van der Waals surface area (Å²) in [5, 5.41) is 0. The van der Waals surface area contributed by atoms with Gasteiger partial charge in [0.25, 0.3) is 7.72 Å². The Morgan fingerprint density at radius 1 is 1.00 bits per heavy atom. The summed E-state index contributed by atoms with van der Waals surface area (Å²) in [7, 11) is -2.44. The molecule has 0 bridgehead atoms. The summed E-state index contributed by atoms with van der Waals surface area (Å²) in [6, 6.07) is 0. The molecule has 0 heterocycles. The fourth-order valence-corrected chi connectivity index (χ4v) is 2.48. The van der Waals surface area contributed by atoms with Gasteiger partial charge in [0.1, 0.15) is 12.3 Å². The van der Waals surface area contributed by atoms with E-state index in [0.29, 0.717) is 12.3 Å². The minimum absolute atomic E-state index is 0.598. The van der Waals surface area contributed by atoms with Crippen LogP contribution in [0.25, 0.3) is 0 Å². The fourth-order valence-electron chi connectivity index (χ4n) is 0.828. The molecule has 0 unspecified atom stereocenters. The molecule has 0 fully saturated rings. The third kappa shape index (κ3) is 4.83. The molecular weight excluding hydrogens is 135 g/mol. The zero-order valence-electron chi connectivity index (χ0n) is 6.17. The molecule has 2 nitrogen and oxygen atoms in total. The Bertz CT molecular complexity index is 65.5. The Morgan fingerprint density at radius 3 is 1.56 bits per heavy atom. The van der Waals surface area contributed by atoms with E-state index in [4.69, 9.17) is 0 Å². The highest BCUT2D eigenvalue weighted by atomic mass is 31.2. The minimum Gasteiger partial charge on any atom is -0.220 e. The van der Waals surface area contributed by atoms with E-state index in [1.54, 1.807) is 0 Å². The Morgan fingerprint density at radius 2 is 1.33 bits per heavy atom. The lowest BCUT2D eigenvalue weighted by molar-refractivity contribution is 0.446. The van der Waals surface area contributed by atoms with Gasteiger partial charge in [0.2, 0.25) is 0 Å². The van der Waals surface area contributed by atoms with Gasteiger partial charge >= 0.3 is 0 Å². The topological polar surface area (TPSA) is 40.5 Å². The Labute approximate surface area is 57.4 Å². The van der Waals surface area contributed by atoms with Crippen molar-refractivity contribution in [1.29, 1.82) is 0 Å². The van der Waals surface area contributed by atoms with Crippen LogP contribution in [0.15, 0.2) is 0 Å². The summed E-state index contributed by atoms with van der Waals surface area (Å²) in [6.07, 6.45) is 2.95. The molecular formula is C6H16O2P+. The summed E-state index contributed by atoms with van der Waals surface area (Å²) in [6.45, 7) is 3.94. The Hall–Kier alpha value is 0.350. The van der Waals surface area contributed by atoms with E-state index in [1.165, 1.54) is 0 Å². The maximum atomic E-state index is 9.18. The maximum Gasteiger partial charge on any atom is 0.267 e. The molecule has 3 heteroatoms. The quantitative estimate of drug-likeness (QED) is 0.599. The van der Waals surface area contributed by atoms with Crippen LogP contribution in [0.4, 0.5) is 0 Å². The molecule has 0 atom stereocenters. The number of hydrogen-bond donors (Lipinski definition) is 2. The second-order valence-electron chi connectivity index (χ2n) is 2.33. The molecule has 0 aliphatic carbocycles. The van der Waals surface area contributed by atoms with Crippen molar-refractivity contribution in [1.82, 2.24) is 0 Å². The summed E-state index contributed by atoms with van der Waals surface area (Å²) in [5.74, 6) is 0. The van der Waals surface area contributed by atoms with Crippen LogP contribution < -0.4 is 0 Å². The first-order valence-corrected chi connectivity index (χ1v) is 5.51. The van der Waals surface area contributed by atoms with Gasteiger partial charge in [-0.1, -0.05) is 13.8 Å². The van der Waals surface area contributed by atoms with Crippen molar-refractivity contribution >= 4 is 7.72 Å². The highest BCUT2D eigenvalue weighted by Gasteiger charge is 2.29. The predicted molar refractivity (Wildman–Crippen MR) is 41.7 cm³/mol. The highest BCUT2D eigenvalue weighted by molar-refractivity contribution is 7.64. The van der Waals surface area contributed by atoms with Gasteiger partial charge in [0.15, 0.2) is 0 Å². The predicted octanol–water partition coefficient (Wildman–Crippen LogP) is 1.64. The summed E-state index contributed by atoms with van der Waals surface area (Å²) < 4.78 is 0. The maximum absolute atomic E-state index is 9.18. The molecule has 9 heavy (non-hydrogen) atoms. The Kier molecular flexibility index (Phi) is 4.37. The van der Waals surface area contributed by atoms with Crippen molar-refractivity contribution in [2.75, 3.05) is 12.3 Å². The van der Waals surface area contributed by atoms with E-state index < -0.39 is 7.72 Å². The lowest BCUT2D eigenvalue weighted by atomic mass is 10.6. The largest absolute Gasteiger partial charge is 0.267 e. The lowest BCUT2D eigenvalue weighted by Crippen LogP contribution is -1.99. The first-order valence-electron chi connectivity index (χ1n) is 3.45. The Balaban J connectivity index is 3.43. The van der Waals surface area contributed by atoms with Gasteiger partial charge in [0, 0.05) is 0 Å². The first kappa shape index (κ1) is 9.35. The van der Waals surface area contributed by atoms with Crippen molar-refractivity contribution in [3.63, 3.8) is 0 Å². The van der Waals surface area contributed by atoms with Crippen LogP contribution in [-0.2, 0) is 0 Å². The molecule has 0 aromatic heterocycles. The second-order valence-corrected chi connectivity index (χ2v) is 4.98. The SMILES string of the molecule is CCC[P+](O)(O)CCC. The van der Waals surface area contributed by atoms with Gasteiger partial charge in [-0.25, -0.2) is 9.79 Å². The number of hydrogen-bond acceptors (Lipinski definition) is 2. The molecule has 0 aromatic rings. The molecule has 0 rings (SSSR count). The van der Waals surface area contributed by atoms with Crippen molar-refractivity contribution < 1.29 is 9.79 Å². The third-order valence-electron chi connectivity index (χ3n) is 1.16. The molecule has 0 aliphatic heterocycles. The summed E-state index contributed by atoms with van der Waals surface area (Å²) >= 11 is 0. The fraction of sp³-hybridized carbons (Fsp3) is 1.00. The van der Waals surface area contributed by atoms with Crippen molar-refractivity contribution in [2.24, 2.45) is 0 Å². The third-order valence-corrected chi connectivity index (χ3v) is 3.49. The van der Waals surface area contributed by atoms with E-state index >= 15 is 0 Å². The smallest absolute Gasteiger partial charge is 0.220 e. The highest BCUT2D eigenvalue weighted by Crippen LogP contribution is 2.50. The molecule has 2 N–H and O–H groups in total. The van der Waals surface area contributed by atoms with Crippen LogP contribution in [0.3, 0.4) is 0 Å². The van der Waals surface area contributed by atoms with Gasteiger partial charge in [-0.2, -0.15) is 0 Å². The van der Waals surface area contributed by atoms with Gasteiger partial charge in [-0.15, -0.1) is 0 Å². The molecule has 0 saturated heterocycles. The van der Waals surface area contributed by atoms with Crippen LogP contribution in [0.5, 0.6) is 0 Å². The minimum atomic E-state index is -2.44. The van der Waals surface area contributed by atoms with E-state index in [0.717, 1.165) is 12.8 Å². The molecule has 0 amide bonds. The van der Waals surface area contributed by atoms with Gasteiger partial charge in [0.05, 0.1) is 0 Å². The summed E-state index contributed by atoms with van der Waals surface area (Å²) in [4.78, 5) is 18.4. The van der Waals surface area contributed by atoms with Crippen LogP contribution in [0, 0.1) is 0 Å². The van der Waals surface area contributed by atoms with Gasteiger partial charge < -0.3 is 0 Å². The van der Waals surface area contributed by atoms with Gasteiger partial charge in [-0.05, 0) is 12.8 Å². The van der Waals surface area contributed by atoms with E-state index in [1.807, 2.05) is 13.8 Å².